The number of hydrogen-bond acceptors (Lipinski definition) is 4. The molecule has 2 rings (SSSR count). The molecule has 2 aromatic rings. The smallest absolute Gasteiger partial charge is 0.238 e. The number of halogens is 1. The summed E-state index contributed by atoms with van der Waals surface area (Å²) in [4.78, 5) is 8.18. The van der Waals surface area contributed by atoms with Gasteiger partial charge in [-0.25, -0.2) is 4.98 Å². The van der Waals surface area contributed by atoms with Crippen LogP contribution in [-0.4, -0.2) is 17.1 Å². The maximum Gasteiger partial charge on any atom is 0.238 e. The SMILES string of the molecule is COc1ccccc1Oc1cnc(CCl)cn1. The Kier molecular flexibility index (Phi) is 3.77. The monoisotopic (exact) mass is 250 g/mol. The van der Waals surface area contributed by atoms with Gasteiger partial charge in [0, 0.05) is 0 Å². The Morgan fingerprint density at radius 1 is 1.12 bits per heavy atom. The van der Waals surface area contributed by atoms with Crippen molar-refractivity contribution >= 4 is 11.6 Å². The summed E-state index contributed by atoms with van der Waals surface area (Å²) in [5.41, 5.74) is 0.707. The van der Waals surface area contributed by atoms with Crippen molar-refractivity contribution in [3.63, 3.8) is 0 Å². The highest BCUT2D eigenvalue weighted by Gasteiger charge is 2.05. The zero-order valence-electron chi connectivity index (χ0n) is 9.26. The zero-order valence-corrected chi connectivity index (χ0v) is 10.0. The number of alkyl halides is 1. The van der Waals surface area contributed by atoms with E-state index in [1.807, 2.05) is 18.2 Å². The fourth-order valence-corrected chi connectivity index (χ4v) is 1.42. The van der Waals surface area contributed by atoms with Crippen molar-refractivity contribution < 1.29 is 9.47 Å². The number of nitrogens with zero attached hydrogens (tertiary/aromatic N) is 2. The lowest BCUT2D eigenvalue weighted by molar-refractivity contribution is 0.373. The summed E-state index contributed by atoms with van der Waals surface area (Å²) in [5.74, 6) is 1.99. The van der Waals surface area contributed by atoms with Crippen LogP contribution < -0.4 is 9.47 Å². The molecule has 0 saturated carbocycles. The van der Waals surface area contributed by atoms with Crippen LogP contribution in [0.1, 0.15) is 5.69 Å². The number of rotatable bonds is 4. The van der Waals surface area contributed by atoms with E-state index in [2.05, 4.69) is 9.97 Å². The molecule has 17 heavy (non-hydrogen) atoms. The molecule has 0 radical (unpaired) electrons. The van der Waals surface area contributed by atoms with Gasteiger partial charge in [-0.2, -0.15) is 0 Å². The van der Waals surface area contributed by atoms with E-state index < -0.39 is 0 Å². The largest absolute Gasteiger partial charge is 0.493 e. The van der Waals surface area contributed by atoms with Crippen molar-refractivity contribution in [2.24, 2.45) is 0 Å². The minimum Gasteiger partial charge on any atom is -0.493 e. The molecule has 1 aromatic heterocycles. The van der Waals surface area contributed by atoms with Gasteiger partial charge < -0.3 is 9.47 Å². The maximum absolute atomic E-state index is 5.62. The van der Waals surface area contributed by atoms with Gasteiger partial charge in [0.2, 0.25) is 5.88 Å². The molecule has 0 aliphatic carbocycles. The van der Waals surface area contributed by atoms with Crippen molar-refractivity contribution in [2.75, 3.05) is 7.11 Å². The molecule has 1 aromatic carbocycles. The van der Waals surface area contributed by atoms with Crippen molar-refractivity contribution in [2.45, 2.75) is 5.88 Å². The van der Waals surface area contributed by atoms with Gasteiger partial charge in [0.15, 0.2) is 11.5 Å². The Hall–Kier alpha value is -1.81. The van der Waals surface area contributed by atoms with Crippen LogP contribution in [0, 0.1) is 0 Å². The molecule has 88 valence electrons. The molecule has 5 heteroatoms. The van der Waals surface area contributed by atoms with Crippen LogP contribution in [0.5, 0.6) is 17.4 Å². The summed E-state index contributed by atoms with van der Waals surface area (Å²) in [6.45, 7) is 0. The second kappa shape index (κ2) is 5.50. The van der Waals surface area contributed by atoms with Gasteiger partial charge >= 0.3 is 0 Å². The summed E-state index contributed by atoms with van der Waals surface area (Å²) in [6.07, 6.45) is 3.11. The zero-order chi connectivity index (χ0) is 12.1. The third-order valence-electron chi connectivity index (χ3n) is 2.10. The van der Waals surface area contributed by atoms with Crippen molar-refractivity contribution in [3.05, 3.63) is 42.4 Å². The van der Waals surface area contributed by atoms with Gasteiger partial charge in [-0.05, 0) is 12.1 Å². The van der Waals surface area contributed by atoms with Crippen molar-refractivity contribution in [3.8, 4) is 17.4 Å². The first-order valence-corrected chi connectivity index (χ1v) is 5.54. The maximum atomic E-state index is 5.62. The molecule has 0 aliphatic rings. The molecule has 0 fully saturated rings. The number of methoxy groups -OCH3 is 1. The lowest BCUT2D eigenvalue weighted by Gasteiger charge is -2.08. The Morgan fingerprint density at radius 2 is 1.88 bits per heavy atom. The van der Waals surface area contributed by atoms with Gasteiger partial charge in [-0.15, -0.1) is 11.6 Å². The molecule has 0 bridgehead atoms. The van der Waals surface area contributed by atoms with E-state index in [0.29, 0.717) is 29.0 Å². The highest BCUT2D eigenvalue weighted by atomic mass is 35.5. The van der Waals surface area contributed by atoms with Crippen molar-refractivity contribution in [1.29, 1.82) is 0 Å². The van der Waals surface area contributed by atoms with Crippen LogP contribution in [0.3, 0.4) is 0 Å². The van der Waals surface area contributed by atoms with E-state index in [1.54, 1.807) is 19.4 Å². The lowest BCUT2D eigenvalue weighted by atomic mass is 10.3. The van der Waals surface area contributed by atoms with Crippen LogP contribution in [0.4, 0.5) is 0 Å². The van der Waals surface area contributed by atoms with Gasteiger partial charge in [0.05, 0.1) is 31.1 Å². The third-order valence-corrected chi connectivity index (χ3v) is 2.38. The molecular weight excluding hydrogens is 240 g/mol. The minimum absolute atomic E-state index is 0.335. The summed E-state index contributed by atoms with van der Waals surface area (Å²) >= 11 is 5.62. The molecule has 0 N–H and O–H groups in total. The Bertz CT molecular complexity index is 488. The van der Waals surface area contributed by atoms with Gasteiger partial charge in [-0.3, -0.25) is 4.98 Å². The Morgan fingerprint density at radius 3 is 2.47 bits per heavy atom. The fourth-order valence-electron chi connectivity index (χ4n) is 1.28. The summed E-state index contributed by atoms with van der Waals surface area (Å²) in [6, 6.07) is 7.35. The summed E-state index contributed by atoms with van der Waals surface area (Å²) < 4.78 is 10.7. The molecule has 4 nitrogen and oxygen atoms in total. The number of aromatic nitrogens is 2. The summed E-state index contributed by atoms with van der Waals surface area (Å²) in [7, 11) is 1.59. The number of para-hydroxylation sites is 2. The molecule has 1 heterocycles. The number of ether oxygens (including phenoxy) is 2. The van der Waals surface area contributed by atoms with E-state index in [1.165, 1.54) is 6.20 Å². The topological polar surface area (TPSA) is 44.2 Å². The predicted molar refractivity (Wildman–Crippen MR) is 64.7 cm³/mol. The number of benzene rings is 1. The van der Waals surface area contributed by atoms with Crippen LogP contribution in [0.25, 0.3) is 0 Å². The minimum atomic E-state index is 0.335. The average molecular weight is 251 g/mol. The van der Waals surface area contributed by atoms with Gasteiger partial charge in [0.25, 0.3) is 0 Å². The first-order valence-electron chi connectivity index (χ1n) is 5.01. The van der Waals surface area contributed by atoms with Crippen LogP contribution in [0.2, 0.25) is 0 Å². The second-order valence-corrected chi connectivity index (χ2v) is 3.50. The third kappa shape index (κ3) is 2.85. The fraction of sp³-hybridized carbons (Fsp3) is 0.167. The molecule has 0 aliphatic heterocycles. The van der Waals surface area contributed by atoms with E-state index in [0.717, 1.165) is 0 Å². The van der Waals surface area contributed by atoms with Crippen LogP contribution in [0.15, 0.2) is 36.7 Å². The van der Waals surface area contributed by atoms with Gasteiger partial charge in [0.1, 0.15) is 0 Å². The van der Waals surface area contributed by atoms with E-state index in [-0.39, 0.29) is 0 Å². The van der Waals surface area contributed by atoms with E-state index in [9.17, 15) is 0 Å². The molecule has 0 saturated heterocycles. The Labute approximate surface area is 104 Å². The molecular formula is C12H11ClN2O2. The highest BCUT2D eigenvalue weighted by molar-refractivity contribution is 6.16. The lowest BCUT2D eigenvalue weighted by Crippen LogP contribution is -1.94. The molecule has 0 atom stereocenters. The Balaban J connectivity index is 2.19. The molecule has 0 spiro atoms. The first-order chi connectivity index (χ1) is 8.33. The number of hydrogen-bond donors (Lipinski definition) is 0. The van der Waals surface area contributed by atoms with Crippen LogP contribution >= 0.6 is 11.6 Å². The van der Waals surface area contributed by atoms with Crippen LogP contribution in [-0.2, 0) is 5.88 Å². The second-order valence-electron chi connectivity index (χ2n) is 3.23. The molecule has 0 amide bonds. The quantitative estimate of drug-likeness (QED) is 0.783. The normalized spacial score (nSPS) is 10.0. The first kappa shape index (κ1) is 11.7. The van der Waals surface area contributed by atoms with Gasteiger partial charge in [-0.1, -0.05) is 12.1 Å². The molecule has 0 unspecified atom stereocenters. The van der Waals surface area contributed by atoms with Crippen molar-refractivity contribution in [1.82, 2.24) is 9.97 Å². The standard InChI is InChI=1S/C12H11ClN2O2/c1-16-10-4-2-3-5-11(10)17-12-8-14-9(6-13)7-15-12/h2-5,7-8H,6H2,1H3. The summed E-state index contributed by atoms with van der Waals surface area (Å²) in [5, 5.41) is 0. The predicted octanol–water partition coefficient (Wildman–Crippen LogP) is 3.02. The van der Waals surface area contributed by atoms with E-state index in [4.69, 9.17) is 21.1 Å². The van der Waals surface area contributed by atoms with E-state index >= 15 is 0 Å². The average Bonchev–Trinajstić information content (AvgIpc) is 2.40. The highest BCUT2D eigenvalue weighted by Crippen LogP contribution is 2.29.